The van der Waals surface area contributed by atoms with Gasteiger partial charge in [0.05, 0.1) is 7.11 Å². The maximum Gasteiger partial charge on any atom is 0.261 e. The lowest BCUT2D eigenvalue weighted by molar-refractivity contribution is 0.109. The minimum atomic E-state index is -3.65. The fraction of sp³-hybridized carbons (Fsp3) is 0.478. The van der Waals surface area contributed by atoms with Crippen molar-refractivity contribution in [3.8, 4) is 5.88 Å². The molecule has 0 aliphatic carbocycles. The van der Waals surface area contributed by atoms with Crippen LogP contribution in [0.25, 0.3) is 0 Å². The molecule has 0 aromatic carbocycles. The second kappa shape index (κ2) is 9.42. The van der Waals surface area contributed by atoms with Crippen LogP contribution in [0.2, 0.25) is 0 Å². The van der Waals surface area contributed by atoms with E-state index < -0.39 is 10.0 Å². The first-order chi connectivity index (χ1) is 16.8. The van der Waals surface area contributed by atoms with Gasteiger partial charge in [-0.1, -0.05) is 12.5 Å². The number of H-pyrrole nitrogens is 1. The number of nitrogens with zero attached hydrogens (tertiary/aromatic N) is 6. The first kappa shape index (κ1) is 23.5. The SMILES string of the molecule is COc1cc(Nc2cc(C)[nH]n2)nc(N(C)C2C[C@H]3CCC[C@@H](C2)N3S(=O)(=O)c2ccccn2)n1. The van der Waals surface area contributed by atoms with E-state index in [0.29, 0.717) is 36.3 Å². The summed E-state index contributed by atoms with van der Waals surface area (Å²) in [5.41, 5.74) is 0.935. The van der Waals surface area contributed by atoms with Crippen molar-refractivity contribution in [2.75, 3.05) is 24.4 Å². The molecule has 2 aliphatic rings. The number of anilines is 3. The van der Waals surface area contributed by atoms with Crippen molar-refractivity contribution >= 4 is 27.6 Å². The molecule has 2 bridgehead atoms. The van der Waals surface area contributed by atoms with Gasteiger partial charge in [0, 0.05) is 49.2 Å². The Bertz CT molecular complexity index is 1270. The van der Waals surface area contributed by atoms with Crippen molar-refractivity contribution in [3.05, 3.63) is 42.2 Å². The summed E-state index contributed by atoms with van der Waals surface area (Å²) in [5, 5.41) is 10.4. The Kier molecular flexibility index (Phi) is 6.32. The summed E-state index contributed by atoms with van der Waals surface area (Å²) in [4.78, 5) is 15.4. The van der Waals surface area contributed by atoms with Crippen LogP contribution in [0.15, 0.2) is 41.6 Å². The number of rotatable bonds is 7. The van der Waals surface area contributed by atoms with Crippen molar-refractivity contribution in [1.29, 1.82) is 0 Å². The molecular formula is C23H30N8O3S. The second-order valence-corrected chi connectivity index (χ2v) is 10.9. The first-order valence-electron chi connectivity index (χ1n) is 11.7. The van der Waals surface area contributed by atoms with Gasteiger partial charge in [0.2, 0.25) is 11.8 Å². The van der Waals surface area contributed by atoms with Gasteiger partial charge in [-0.25, -0.2) is 13.4 Å². The Morgan fingerprint density at radius 1 is 1.14 bits per heavy atom. The Morgan fingerprint density at radius 3 is 2.54 bits per heavy atom. The largest absolute Gasteiger partial charge is 0.481 e. The van der Waals surface area contributed by atoms with Gasteiger partial charge in [-0.05, 0) is 44.7 Å². The molecule has 0 radical (unpaired) electrons. The molecule has 11 nitrogen and oxygen atoms in total. The number of aryl methyl sites for hydroxylation is 1. The normalized spacial score (nSPS) is 22.5. The highest BCUT2D eigenvalue weighted by Crippen LogP contribution is 2.40. The summed E-state index contributed by atoms with van der Waals surface area (Å²) >= 11 is 0. The van der Waals surface area contributed by atoms with E-state index in [1.54, 1.807) is 35.7 Å². The van der Waals surface area contributed by atoms with E-state index in [-0.39, 0.29) is 23.2 Å². The van der Waals surface area contributed by atoms with Crippen LogP contribution in [-0.2, 0) is 10.0 Å². The topological polar surface area (TPSA) is 129 Å². The summed E-state index contributed by atoms with van der Waals surface area (Å²) in [6.07, 6.45) is 5.60. The number of nitrogens with one attached hydrogen (secondary N) is 2. The molecule has 186 valence electrons. The van der Waals surface area contributed by atoms with E-state index in [4.69, 9.17) is 9.72 Å². The van der Waals surface area contributed by atoms with Crippen LogP contribution in [0.4, 0.5) is 17.6 Å². The summed E-state index contributed by atoms with van der Waals surface area (Å²) < 4.78 is 34.0. The molecule has 3 atom stereocenters. The zero-order valence-corrected chi connectivity index (χ0v) is 20.9. The fourth-order valence-electron chi connectivity index (χ4n) is 5.14. The van der Waals surface area contributed by atoms with Gasteiger partial charge in [-0.3, -0.25) is 5.10 Å². The van der Waals surface area contributed by atoms with Gasteiger partial charge < -0.3 is 15.0 Å². The molecular weight excluding hydrogens is 468 g/mol. The van der Waals surface area contributed by atoms with Crippen molar-refractivity contribution in [3.63, 3.8) is 0 Å². The standard InChI is InChI=1S/C23H30N8O3S/c1-15-11-20(29-28-15)25-19-14-21(34-3)27-23(26-19)30(2)18-12-16-7-6-8-17(13-18)31(16)35(32,33)22-9-4-5-10-24-22/h4-5,9-11,14,16-18H,6-8,12-13H2,1-3H3,(H2,25,26,27,28,29)/t16-,17+,18?. The maximum atomic E-state index is 13.4. The number of aromatic nitrogens is 5. The molecule has 3 aromatic rings. The fourth-order valence-corrected chi connectivity index (χ4v) is 6.97. The molecule has 0 saturated carbocycles. The number of fused-ring (bicyclic) bond motifs is 2. The minimum absolute atomic E-state index is 0.0859. The van der Waals surface area contributed by atoms with E-state index in [1.807, 2.05) is 24.9 Å². The number of sulfonamides is 1. The molecule has 35 heavy (non-hydrogen) atoms. The van der Waals surface area contributed by atoms with Crippen molar-refractivity contribution in [2.45, 2.75) is 62.2 Å². The maximum absolute atomic E-state index is 13.4. The highest BCUT2D eigenvalue weighted by Gasteiger charge is 2.46. The smallest absolute Gasteiger partial charge is 0.261 e. The average Bonchev–Trinajstić information content (AvgIpc) is 3.27. The van der Waals surface area contributed by atoms with Crippen LogP contribution < -0.4 is 15.0 Å². The van der Waals surface area contributed by atoms with Crippen molar-refractivity contribution < 1.29 is 13.2 Å². The van der Waals surface area contributed by atoms with Gasteiger partial charge in [0.25, 0.3) is 10.0 Å². The molecule has 0 spiro atoms. The third-order valence-electron chi connectivity index (χ3n) is 6.79. The minimum Gasteiger partial charge on any atom is -0.481 e. The predicted molar refractivity (Wildman–Crippen MR) is 131 cm³/mol. The summed E-state index contributed by atoms with van der Waals surface area (Å²) in [5.74, 6) is 2.18. The zero-order valence-electron chi connectivity index (χ0n) is 20.0. The highest BCUT2D eigenvalue weighted by atomic mass is 32.2. The molecule has 1 unspecified atom stereocenters. The molecule has 2 saturated heterocycles. The average molecular weight is 499 g/mol. The summed E-state index contributed by atoms with van der Waals surface area (Å²) in [6, 6.07) is 8.54. The summed E-state index contributed by atoms with van der Waals surface area (Å²) in [7, 11) is -0.124. The van der Waals surface area contributed by atoms with Gasteiger partial charge >= 0.3 is 0 Å². The van der Waals surface area contributed by atoms with Gasteiger partial charge in [0.15, 0.2) is 10.8 Å². The third kappa shape index (κ3) is 4.67. The lowest BCUT2D eigenvalue weighted by atomic mass is 9.83. The first-order valence-corrected chi connectivity index (χ1v) is 13.2. The number of ether oxygens (including phenoxy) is 1. The third-order valence-corrected chi connectivity index (χ3v) is 8.71. The van der Waals surface area contributed by atoms with E-state index in [2.05, 4.69) is 25.5 Å². The van der Waals surface area contributed by atoms with E-state index >= 15 is 0 Å². The Balaban J connectivity index is 1.38. The van der Waals surface area contributed by atoms with Crippen LogP contribution in [0.5, 0.6) is 5.88 Å². The zero-order chi connectivity index (χ0) is 24.6. The molecule has 12 heteroatoms. The second-order valence-electron chi connectivity index (χ2n) is 9.13. The predicted octanol–water partition coefficient (Wildman–Crippen LogP) is 2.87. The monoisotopic (exact) mass is 498 g/mol. The van der Waals surface area contributed by atoms with Gasteiger partial charge in [0.1, 0.15) is 5.82 Å². The molecule has 2 N–H and O–H groups in total. The van der Waals surface area contributed by atoms with Crippen LogP contribution in [0.3, 0.4) is 0 Å². The Hall–Kier alpha value is -3.25. The lowest BCUT2D eigenvalue weighted by Crippen LogP contribution is -2.58. The highest BCUT2D eigenvalue weighted by molar-refractivity contribution is 7.89. The number of pyridine rings is 1. The van der Waals surface area contributed by atoms with Crippen molar-refractivity contribution in [2.24, 2.45) is 0 Å². The van der Waals surface area contributed by atoms with Crippen LogP contribution in [0, 0.1) is 6.92 Å². The molecule has 2 fully saturated rings. The van der Waals surface area contributed by atoms with E-state index in [1.165, 1.54) is 6.20 Å². The van der Waals surface area contributed by atoms with Gasteiger partial charge in [-0.2, -0.15) is 19.4 Å². The van der Waals surface area contributed by atoms with Crippen LogP contribution in [0.1, 0.15) is 37.8 Å². The number of piperidine rings is 2. The molecule has 3 aromatic heterocycles. The molecule has 5 heterocycles. The van der Waals surface area contributed by atoms with E-state index in [9.17, 15) is 8.42 Å². The number of hydrogen-bond acceptors (Lipinski definition) is 9. The number of aromatic amines is 1. The van der Waals surface area contributed by atoms with Gasteiger partial charge in [-0.15, -0.1) is 0 Å². The van der Waals surface area contributed by atoms with E-state index in [0.717, 1.165) is 25.0 Å². The van der Waals surface area contributed by atoms with Crippen molar-refractivity contribution in [1.82, 2.24) is 29.5 Å². The summed E-state index contributed by atoms with van der Waals surface area (Å²) in [6.45, 7) is 1.93. The molecule has 2 aliphatic heterocycles. The van der Waals surface area contributed by atoms with Crippen LogP contribution >= 0.6 is 0 Å². The quantitative estimate of drug-likeness (QED) is 0.505. The number of hydrogen-bond donors (Lipinski definition) is 2. The Labute approximate surface area is 205 Å². The van der Waals surface area contributed by atoms with Crippen LogP contribution in [-0.4, -0.2) is 70.2 Å². The molecule has 0 amide bonds. The Morgan fingerprint density at radius 2 is 1.91 bits per heavy atom. The lowest BCUT2D eigenvalue weighted by Gasteiger charge is -2.49. The molecule has 5 rings (SSSR count). The number of methoxy groups -OCH3 is 1.